The number of aliphatic hydroxyl groups is 1. The lowest BCUT2D eigenvalue weighted by atomic mass is 10.1. The Morgan fingerprint density at radius 1 is 1.23 bits per heavy atom. The van der Waals surface area contributed by atoms with Gasteiger partial charge in [0.2, 0.25) is 11.7 Å². The minimum atomic E-state index is -5.08. The summed E-state index contributed by atoms with van der Waals surface area (Å²) in [5.41, 5.74) is 1.98. The van der Waals surface area contributed by atoms with Crippen molar-refractivity contribution >= 4 is 17.3 Å². The summed E-state index contributed by atoms with van der Waals surface area (Å²) in [6.45, 7) is 2.07. The summed E-state index contributed by atoms with van der Waals surface area (Å²) >= 11 is 1.61. The van der Waals surface area contributed by atoms with E-state index in [-0.39, 0.29) is 12.6 Å². The van der Waals surface area contributed by atoms with Crippen LogP contribution in [0, 0.1) is 0 Å². The van der Waals surface area contributed by atoms with E-state index in [9.17, 15) is 18.3 Å². The first-order chi connectivity index (χ1) is 14.0. The molecule has 0 bridgehead atoms. The predicted octanol–water partition coefficient (Wildman–Crippen LogP) is 4.21. The molecule has 3 rings (SSSR count). The van der Waals surface area contributed by atoms with Crippen LogP contribution in [0.15, 0.2) is 40.9 Å². The summed E-state index contributed by atoms with van der Waals surface area (Å²) in [4.78, 5) is 17.5. The Labute approximate surface area is 174 Å². The van der Waals surface area contributed by atoms with E-state index in [0.717, 1.165) is 20.9 Å². The Balaban J connectivity index is 0.000000396. The Morgan fingerprint density at radius 3 is 2.43 bits per heavy atom. The number of carboxylic acids is 1. The van der Waals surface area contributed by atoms with Crippen molar-refractivity contribution in [2.45, 2.75) is 25.7 Å². The second-order valence-electron chi connectivity index (χ2n) is 6.42. The van der Waals surface area contributed by atoms with E-state index in [1.165, 1.54) is 0 Å². The normalized spacial score (nSPS) is 12.4. The molecular formula is C19H20F3N3O4S. The third kappa shape index (κ3) is 6.12. The van der Waals surface area contributed by atoms with Crippen LogP contribution in [0.25, 0.3) is 21.1 Å². The molecule has 11 heteroatoms. The third-order valence-corrected chi connectivity index (χ3v) is 5.17. The molecule has 0 radical (unpaired) electrons. The number of aromatic nitrogens is 2. The number of aliphatic hydroxyl groups excluding tert-OH is 1. The zero-order valence-corrected chi connectivity index (χ0v) is 17.2. The highest BCUT2D eigenvalue weighted by Gasteiger charge is 2.38. The number of benzene rings is 1. The first-order valence-electron chi connectivity index (χ1n) is 8.63. The molecule has 0 aliphatic rings. The monoisotopic (exact) mass is 443 g/mol. The first-order valence-corrected chi connectivity index (χ1v) is 9.45. The lowest BCUT2D eigenvalue weighted by Gasteiger charge is -2.14. The van der Waals surface area contributed by atoms with Crippen molar-refractivity contribution in [1.29, 1.82) is 0 Å². The fraction of sp³-hybridized carbons (Fsp3) is 0.316. The van der Waals surface area contributed by atoms with Gasteiger partial charge in [0.25, 0.3) is 0 Å². The number of carbonyl (C=O) groups is 1. The van der Waals surface area contributed by atoms with Crippen molar-refractivity contribution in [3.63, 3.8) is 0 Å². The SMILES string of the molecule is C[C@@H](c1nc(-c2ccc(-c3cccc(CO)c3)s2)no1)N(C)C.O=C(O)C(F)(F)F. The maximum absolute atomic E-state index is 10.6. The zero-order chi connectivity index (χ0) is 22.5. The van der Waals surface area contributed by atoms with Crippen LogP contribution in [0.3, 0.4) is 0 Å². The Hall–Kier alpha value is -2.76. The first kappa shape index (κ1) is 23.5. The van der Waals surface area contributed by atoms with Gasteiger partial charge in [0, 0.05) is 4.88 Å². The molecule has 2 heterocycles. The topological polar surface area (TPSA) is 99.7 Å². The molecule has 0 amide bonds. The maximum Gasteiger partial charge on any atom is 0.490 e. The Kier molecular flexibility index (Phi) is 7.71. The summed E-state index contributed by atoms with van der Waals surface area (Å²) in [5, 5.41) is 20.5. The minimum Gasteiger partial charge on any atom is -0.475 e. The fourth-order valence-corrected chi connectivity index (χ4v) is 3.09. The average Bonchev–Trinajstić information content (AvgIpc) is 3.36. The number of hydrogen-bond donors (Lipinski definition) is 2. The summed E-state index contributed by atoms with van der Waals surface area (Å²) in [6.07, 6.45) is -5.08. The third-order valence-electron chi connectivity index (χ3n) is 4.04. The highest BCUT2D eigenvalue weighted by atomic mass is 32.1. The Bertz CT molecular complexity index is 985. The van der Waals surface area contributed by atoms with Crippen LogP contribution in [0.4, 0.5) is 13.2 Å². The summed E-state index contributed by atoms with van der Waals surface area (Å²) in [5.74, 6) is -1.53. The number of halogens is 3. The largest absolute Gasteiger partial charge is 0.490 e. The lowest BCUT2D eigenvalue weighted by Crippen LogP contribution is -2.21. The van der Waals surface area contributed by atoms with Crippen LogP contribution in [-0.2, 0) is 11.4 Å². The van der Waals surface area contributed by atoms with Crippen LogP contribution in [0.5, 0.6) is 0 Å². The van der Waals surface area contributed by atoms with Crippen molar-refractivity contribution in [2.24, 2.45) is 0 Å². The van der Waals surface area contributed by atoms with Crippen molar-refractivity contribution in [2.75, 3.05) is 14.1 Å². The molecular weight excluding hydrogens is 423 g/mol. The van der Waals surface area contributed by atoms with E-state index in [1.54, 1.807) is 11.3 Å². The van der Waals surface area contributed by atoms with Gasteiger partial charge in [-0.25, -0.2) is 4.79 Å². The van der Waals surface area contributed by atoms with Gasteiger partial charge in [-0.1, -0.05) is 23.4 Å². The number of carboxylic acid groups (broad SMARTS) is 1. The summed E-state index contributed by atoms with van der Waals surface area (Å²) in [7, 11) is 3.96. The molecule has 30 heavy (non-hydrogen) atoms. The standard InChI is InChI=1S/C17H19N3O2S.C2HF3O2/c1-11(20(2)3)17-18-16(19-22-17)15-8-7-14(23-15)13-6-4-5-12(9-13)10-21;3-2(4,5)1(6)7/h4-9,11,21H,10H2,1-3H3;(H,6,7)/t11-;/m0./s1. The second kappa shape index (κ2) is 9.83. The molecule has 2 aromatic heterocycles. The molecule has 3 aromatic rings. The molecule has 7 nitrogen and oxygen atoms in total. The quantitative estimate of drug-likeness (QED) is 0.609. The summed E-state index contributed by atoms with van der Waals surface area (Å²) < 4.78 is 37.1. The number of thiophene rings is 1. The number of hydrogen-bond acceptors (Lipinski definition) is 7. The molecule has 0 unspecified atom stereocenters. The maximum atomic E-state index is 10.6. The molecule has 0 saturated heterocycles. The van der Waals surface area contributed by atoms with Gasteiger partial charge in [-0.2, -0.15) is 18.2 Å². The van der Waals surface area contributed by atoms with Crippen molar-refractivity contribution in [3.8, 4) is 21.1 Å². The highest BCUT2D eigenvalue weighted by Crippen LogP contribution is 2.34. The van der Waals surface area contributed by atoms with E-state index in [4.69, 9.17) is 14.4 Å². The number of alkyl halides is 3. The van der Waals surface area contributed by atoms with Crippen molar-refractivity contribution in [1.82, 2.24) is 15.0 Å². The van der Waals surface area contributed by atoms with Gasteiger partial charge < -0.3 is 14.7 Å². The average molecular weight is 443 g/mol. The van der Waals surface area contributed by atoms with Gasteiger partial charge in [-0.05, 0) is 50.3 Å². The molecule has 0 aliphatic carbocycles. The zero-order valence-electron chi connectivity index (χ0n) is 16.3. The Morgan fingerprint density at radius 2 is 1.87 bits per heavy atom. The van der Waals surface area contributed by atoms with Gasteiger partial charge in [-0.3, -0.25) is 4.90 Å². The fourth-order valence-electron chi connectivity index (χ4n) is 2.16. The molecule has 1 atom stereocenters. The van der Waals surface area contributed by atoms with Crippen LogP contribution < -0.4 is 0 Å². The van der Waals surface area contributed by atoms with Gasteiger partial charge in [0.15, 0.2) is 0 Å². The van der Waals surface area contributed by atoms with E-state index >= 15 is 0 Å². The molecule has 0 aliphatic heterocycles. The van der Waals surface area contributed by atoms with Gasteiger partial charge >= 0.3 is 12.1 Å². The lowest BCUT2D eigenvalue weighted by molar-refractivity contribution is -0.192. The molecule has 0 fully saturated rings. The van der Waals surface area contributed by atoms with Gasteiger partial charge in [-0.15, -0.1) is 11.3 Å². The summed E-state index contributed by atoms with van der Waals surface area (Å²) in [6, 6.07) is 12.0. The van der Waals surface area contributed by atoms with Crippen LogP contribution >= 0.6 is 11.3 Å². The van der Waals surface area contributed by atoms with E-state index < -0.39 is 12.1 Å². The molecule has 162 valence electrons. The number of aliphatic carboxylic acids is 1. The van der Waals surface area contributed by atoms with Gasteiger partial charge in [0.05, 0.1) is 17.5 Å². The molecule has 1 aromatic carbocycles. The van der Waals surface area contributed by atoms with Gasteiger partial charge in [0.1, 0.15) is 0 Å². The minimum absolute atomic E-state index is 0.0443. The van der Waals surface area contributed by atoms with E-state index in [2.05, 4.69) is 10.1 Å². The molecule has 0 spiro atoms. The van der Waals surface area contributed by atoms with Crippen LogP contribution in [0.1, 0.15) is 24.4 Å². The smallest absolute Gasteiger partial charge is 0.475 e. The van der Waals surface area contributed by atoms with E-state index in [1.807, 2.05) is 62.3 Å². The van der Waals surface area contributed by atoms with E-state index in [0.29, 0.717) is 11.7 Å². The van der Waals surface area contributed by atoms with Crippen LogP contribution in [0.2, 0.25) is 0 Å². The molecule has 0 saturated carbocycles. The van der Waals surface area contributed by atoms with Crippen molar-refractivity contribution < 1.29 is 32.7 Å². The van der Waals surface area contributed by atoms with Crippen LogP contribution in [-0.4, -0.2) is 51.5 Å². The predicted molar refractivity (Wildman–Crippen MR) is 105 cm³/mol. The molecule has 2 N–H and O–H groups in total. The number of rotatable bonds is 5. The second-order valence-corrected chi connectivity index (χ2v) is 7.50. The number of nitrogens with zero attached hydrogens (tertiary/aromatic N) is 3. The van der Waals surface area contributed by atoms with Crippen molar-refractivity contribution in [3.05, 3.63) is 47.9 Å². The highest BCUT2D eigenvalue weighted by molar-refractivity contribution is 7.18.